The molecule has 6 heteroatoms. The van der Waals surface area contributed by atoms with Gasteiger partial charge in [0.15, 0.2) is 0 Å². The van der Waals surface area contributed by atoms with E-state index in [1.54, 1.807) is 0 Å². The average Bonchev–Trinajstić information content (AvgIpc) is 2.25. The van der Waals surface area contributed by atoms with Gasteiger partial charge in [-0.25, -0.2) is 0 Å². The molecule has 17 heavy (non-hydrogen) atoms. The van der Waals surface area contributed by atoms with Gasteiger partial charge in [0, 0.05) is 6.42 Å². The maximum Gasteiger partial charge on any atom is 0.416 e. The van der Waals surface area contributed by atoms with Crippen LogP contribution in [0.25, 0.3) is 0 Å². The first kappa shape index (κ1) is 13.5. The predicted octanol–water partition coefficient (Wildman–Crippen LogP) is 2.00. The summed E-state index contributed by atoms with van der Waals surface area (Å²) in [5.74, 6) is -0.559. The summed E-state index contributed by atoms with van der Waals surface area (Å²) in [6.45, 7) is 0. The molecule has 0 heterocycles. The Bertz CT molecular complexity index is 387. The summed E-state index contributed by atoms with van der Waals surface area (Å²) in [6.07, 6.45) is -5.29. The van der Waals surface area contributed by atoms with E-state index in [1.807, 2.05) is 0 Å². The van der Waals surface area contributed by atoms with Crippen molar-refractivity contribution in [3.63, 3.8) is 0 Å². The minimum absolute atomic E-state index is 0.0117. The number of rotatable bonds is 4. The zero-order valence-corrected chi connectivity index (χ0v) is 8.87. The molecule has 1 unspecified atom stereocenters. The summed E-state index contributed by atoms with van der Waals surface area (Å²) in [5.41, 5.74) is 4.46. The van der Waals surface area contributed by atoms with Crippen LogP contribution in [0.5, 0.6) is 0 Å². The molecule has 1 aromatic carbocycles. The number of halogens is 3. The summed E-state index contributed by atoms with van der Waals surface area (Å²) in [4.78, 5) is 10.5. The molecular formula is C11H12F3NO2. The number of primary amides is 1. The minimum Gasteiger partial charge on any atom is -0.388 e. The first-order valence-electron chi connectivity index (χ1n) is 4.94. The summed E-state index contributed by atoms with van der Waals surface area (Å²) in [7, 11) is 0. The van der Waals surface area contributed by atoms with Gasteiger partial charge in [0.2, 0.25) is 5.91 Å². The zero-order chi connectivity index (χ0) is 13.1. The fraction of sp³-hybridized carbons (Fsp3) is 0.364. The maximum atomic E-state index is 12.3. The van der Waals surface area contributed by atoms with Crippen LogP contribution in [0.3, 0.4) is 0 Å². The number of aliphatic hydroxyl groups excluding tert-OH is 1. The minimum atomic E-state index is -4.39. The van der Waals surface area contributed by atoms with Gasteiger partial charge in [0.25, 0.3) is 0 Å². The van der Waals surface area contributed by atoms with Crippen LogP contribution in [0.2, 0.25) is 0 Å². The molecule has 1 rings (SSSR count). The van der Waals surface area contributed by atoms with Crippen molar-refractivity contribution in [3.05, 3.63) is 35.4 Å². The van der Waals surface area contributed by atoms with Crippen LogP contribution in [0.15, 0.2) is 24.3 Å². The smallest absolute Gasteiger partial charge is 0.388 e. The molecule has 3 N–H and O–H groups in total. The number of carbonyl (C=O) groups excluding carboxylic acids is 1. The SMILES string of the molecule is NC(=O)CCC(O)c1ccc(C(F)(F)F)cc1. The van der Waals surface area contributed by atoms with E-state index >= 15 is 0 Å². The third-order valence-corrected chi connectivity index (χ3v) is 2.29. The number of hydrogen-bond donors (Lipinski definition) is 2. The highest BCUT2D eigenvalue weighted by molar-refractivity contribution is 5.73. The average molecular weight is 247 g/mol. The van der Waals surface area contributed by atoms with E-state index in [2.05, 4.69) is 0 Å². The molecule has 0 radical (unpaired) electrons. The Labute approximate surface area is 96.0 Å². The highest BCUT2D eigenvalue weighted by Gasteiger charge is 2.30. The van der Waals surface area contributed by atoms with Gasteiger partial charge in [-0.05, 0) is 24.1 Å². The van der Waals surface area contributed by atoms with Crippen molar-refractivity contribution < 1.29 is 23.1 Å². The van der Waals surface area contributed by atoms with Crippen molar-refractivity contribution in [2.45, 2.75) is 25.1 Å². The second kappa shape index (κ2) is 5.18. The molecular weight excluding hydrogens is 235 g/mol. The molecule has 1 atom stereocenters. The molecule has 0 spiro atoms. The third kappa shape index (κ3) is 4.07. The largest absolute Gasteiger partial charge is 0.416 e. The molecule has 3 nitrogen and oxygen atoms in total. The van der Waals surface area contributed by atoms with Gasteiger partial charge in [-0.15, -0.1) is 0 Å². The van der Waals surface area contributed by atoms with Gasteiger partial charge in [-0.3, -0.25) is 4.79 Å². The zero-order valence-electron chi connectivity index (χ0n) is 8.87. The quantitative estimate of drug-likeness (QED) is 0.854. The van der Waals surface area contributed by atoms with Crippen LogP contribution < -0.4 is 5.73 Å². The number of benzene rings is 1. The highest BCUT2D eigenvalue weighted by atomic mass is 19.4. The van der Waals surface area contributed by atoms with Crippen molar-refractivity contribution >= 4 is 5.91 Å². The van der Waals surface area contributed by atoms with E-state index in [4.69, 9.17) is 5.73 Å². The lowest BCUT2D eigenvalue weighted by atomic mass is 10.0. The first-order chi connectivity index (χ1) is 7.80. The Morgan fingerprint density at radius 3 is 2.24 bits per heavy atom. The fourth-order valence-electron chi connectivity index (χ4n) is 1.34. The molecule has 0 fully saturated rings. The van der Waals surface area contributed by atoms with Crippen molar-refractivity contribution in [2.24, 2.45) is 5.73 Å². The molecule has 94 valence electrons. The number of aliphatic hydroxyl groups is 1. The number of amides is 1. The molecule has 1 amide bonds. The molecule has 1 aromatic rings. The molecule has 0 aromatic heterocycles. The van der Waals surface area contributed by atoms with E-state index in [9.17, 15) is 23.1 Å². The second-order valence-corrected chi connectivity index (χ2v) is 3.64. The van der Waals surface area contributed by atoms with Crippen LogP contribution in [0.1, 0.15) is 30.1 Å². The molecule has 0 saturated heterocycles. The van der Waals surface area contributed by atoms with E-state index in [0.29, 0.717) is 5.56 Å². The summed E-state index contributed by atoms with van der Waals surface area (Å²) in [5, 5.41) is 9.57. The lowest BCUT2D eigenvalue weighted by molar-refractivity contribution is -0.137. The van der Waals surface area contributed by atoms with Crippen molar-refractivity contribution in [2.75, 3.05) is 0 Å². The Hall–Kier alpha value is -1.56. The van der Waals surface area contributed by atoms with Gasteiger partial charge in [-0.2, -0.15) is 13.2 Å². The normalized spacial score (nSPS) is 13.4. The molecule has 0 aliphatic rings. The Morgan fingerprint density at radius 1 is 1.29 bits per heavy atom. The lowest BCUT2D eigenvalue weighted by Crippen LogP contribution is -2.12. The fourth-order valence-corrected chi connectivity index (χ4v) is 1.34. The van der Waals surface area contributed by atoms with Gasteiger partial charge in [0.1, 0.15) is 0 Å². The van der Waals surface area contributed by atoms with Crippen LogP contribution in [-0.2, 0) is 11.0 Å². The molecule has 0 bridgehead atoms. The van der Waals surface area contributed by atoms with E-state index in [0.717, 1.165) is 12.1 Å². The van der Waals surface area contributed by atoms with E-state index in [-0.39, 0.29) is 12.8 Å². The van der Waals surface area contributed by atoms with Crippen LogP contribution in [0.4, 0.5) is 13.2 Å². The Balaban J connectivity index is 2.70. The lowest BCUT2D eigenvalue weighted by Gasteiger charge is -2.11. The predicted molar refractivity (Wildman–Crippen MR) is 54.8 cm³/mol. The maximum absolute atomic E-state index is 12.3. The van der Waals surface area contributed by atoms with E-state index < -0.39 is 23.8 Å². The van der Waals surface area contributed by atoms with Crippen LogP contribution in [-0.4, -0.2) is 11.0 Å². The Morgan fingerprint density at radius 2 is 1.82 bits per heavy atom. The number of carbonyl (C=O) groups is 1. The first-order valence-corrected chi connectivity index (χ1v) is 4.94. The van der Waals surface area contributed by atoms with Crippen molar-refractivity contribution in [1.29, 1.82) is 0 Å². The highest BCUT2D eigenvalue weighted by Crippen LogP contribution is 2.30. The number of hydrogen-bond acceptors (Lipinski definition) is 2. The van der Waals surface area contributed by atoms with E-state index in [1.165, 1.54) is 12.1 Å². The van der Waals surface area contributed by atoms with Gasteiger partial charge < -0.3 is 10.8 Å². The standard InChI is InChI=1S/C11H12F3NO2/c12-11(13,14)8-3-1-7(2-4-8)9(16)5-6-10(15)17/h1-4,9,16H,5-6H2,(H2,15,17). The summed E-state index contributed by atoms with van der Waals surface area (Å²) < 4.78 is 36.8. The summed E-state index contributed by atoms with van der Waals surface area (Å²) in [6, 6.07) is 4.16. The van der Waals surface area contributed by atoms with Crippen LogP contribution >= 0.6 is 0 Å². The van der Waals surface area contributed by atoms with Gasteiger partial charge in [-0.1, -0.05) is 12.1 Å². The monoisotopic (exact) mass is 247 g/mol. The third-order valence-electron chi connectivity index (χ3n) is 2.29. The number of alkyl halides is 3. The van der Waals surface area contributed by atoms with Crippen molar-refractivity contribution in [3.8, 4) is 0 Å². The topological polar surface area (TPSA) is 63.3 Å². The second-order valence-electron chi connectivity index (χ2n) is 3.64. The van der Waals surface area contributed by atoms with Gasteiger partial charge in [0.05, 0.1) is 11.7 Å². The summed E-state index contributed by atoms with van der Waals surface area (Å²) >= 11 is 0. The van der Waals surface area contributed by atoms with Crippen molar-refractivity contribution in [1.82, 2.24) is 0 Å². The molecule has 0 saturated carbocycles. The van der Waals surface area contributed by atoms with Gasteiger partial charge >= 0.3 is 6.18 Å². The number of nitrogens with two attached hydrogens (primary N) is 1. The molecule has 0 aliphatic heterocycles. The molecule has 0 aliphatic carbocycles. The van der Waals surface area contributed by atoms with Crippen LogP contribution in [0, 0.1) is 0 Å². The Kier molecular flexibility index (Phi) is 4.11.